The highest BCUT2D eigenvalue weighted by Crippen LogP contribution is 2.23. The van der Waals surface area contributed by atoms with Gasteiger partial charge in [0, 0.05) is 11.8 Å². The van der Waals surface area contributed by atoms with Crippen molar-refractivity contribution in [1.29, 1.82) is 0 Å². The minimum atomic E-state index is 0.247. The molecule has 0 saturated carbocycles. The number of likely N-dealkylation sites (N-methyl/N-ethyl adjacent to an activating group) is 1. The Bertz CT molecular complexity index is 638. The van der Waals surface area contributed by atoms with Gasteiger partial charge in [0.2, 0.25) is 0 Å². The van der Waals surface area contributed by atoms with Crippen LogP contribution in [0.3, 0.4) is 0 Å². The summed E-state index contributed by atoms with van der Waals surface area (Å²) in [5.74, 6) is 1.20. The lowest BCUT2D eigenvalue weighted by Gasteiger charge is -2.28. The zero-order valence-corrected chi connectivity index (χ0v) is 15.3. The van der Waals surface area contributed by atoms with Gasteiger partial charge in [-0.15, -0.1) is 0 Å². The number of anilines is 1. The summed E-state index contributed by atoms with van der Waals surface area (Å²) >= 11 is 1.71. The van der Waals surface area contributed by atoms with Gasteiger partial charge < -0.3 is 15.8 Å². The third-order valence-corrected chi connectivity index (χ3v) is 4.66. The topological polar surface area (TPSA) is 62.9 Å². The maximum Gasteiger partial charge on any atom is 0.193 e. The van der Waals surface area contributed by atoms with Crippen LogP contribution in [-0.4, -0.2) is 37.6 Å². The van der Waals surface area contributed by atoms with Crippen molar-refractivity contribution in [3.63, 3.8) is 0 Å². The number of benzene rings is 1. The van der Waals surface area contributed by atoms with Gasteiger partial charge in [0.15, 0.2) is 5.96 Å². The molecule has 2 rings (SSSR count). The SMILES string of the molecule is CCN(CC)C(CN=C(N)Nc1cccc(OC)c1)c1ccsc1. The summed E-state index contributed by atoms with van der Waals surface area (Å²) in [6.45, 7) is 6.93. The monoisotopic (exact) mass is 346 g/mol. The molecule has 0 saturated heterocycles. The summed E-state index contributed by atoms with van der Waals surface area (Å²) in [5.41, 5.74) is 8.22. The Morgan fingerprint density at radius 2 is 2.12 bits per heavy atom. The molecule has 0 amide bonds. The average molecular weight is 347 g/mol. The van der Waals surface area contributed by atoms with Crippen molar-refractivity contribution in [2.45, 2.75) is 19.9 Å². The zero-order chi connectivity index (χ0) is 17.4. The van der Waals surface area contributed by atoms with E-state index in [4.69, 9.17) is 10.5 Å². The number of aliphatic imine (C=N–C) groups is 1. The van der Waals surface area contributed by atoms with E-state index in [1.165, 1.54) is 5.56 Å². The summed E-state index contributed by atoms with van der Waals surface area (Å²) < 4.78 is 5.22. The van der Waals surface area contributed by atoms with Crippen molar-refractivity contribution in [2.24, 2.45) is 10.7 Å². The van der Waals surface area contributed by atoms with Gasteiger partial charge in [-0.3, -0.25) is 9.89 Å². The second kappa shape index (κ2) is 9.30. The number of hydrogen-bond acceptors (Lipinski definition) is 4. The first-order chi connectivity index (χ1) is 11.7. The second-order valence-corrected chi connectivity index (χ2v) is 6.16. The molecule has 1 heterocycles. The molecule has 24 heavy (non-hydrogen) atoms. The van der Waals surface area contributed by atoms with Crippen molar-refractivity contribution >= 4 is 23.0 Å². The summed E-state index contributed by atoms with van der Waals surface area (Å²) in [5, 5.41) is 7.41. The number of hydrogen-bond donors (Lipinski definition) is 2. The maximum absolute atomic E-state index is 6.06. The molecule has 5 nitrogen and oxygen atoms in total. The summed E-state index contributed by atoms with van der Waals surface area (Å²) in [6, 6.07) is 10.0. The number of nitrogens with zero attached hydrogens (tertiary/aromatic N) is 2. The van der Waals surface area contributed by atoms with E-state index in [1.807, 2.05) is 24.3 Å². The highest BCUT2D eigenvalue weighted by atomic mass is 32.1. The summed E-state index contributed by atoms with van der Waals surface area (Å²) in [4.78, 5) is 6.95. The molecule has 0 aliphatic carbocycles. The number of guanidine groups is 1. The molecule has 1 atom stereocenters. The Kier molecular flexibility index (Phi) is 7.08. The van der Waals surface area contributed by atoms with E-state index >= 15 is 0 Å². The van der Waals surface area contributed by atoms with Crippen LogP contribution in [0.2, 0.25) is 0 Å². The lowest BCUT2D eigenvalue weighted by Crippen LogP contribution is -2.31. The minimum absolute atomic E-state index is 0.247. The lowest BCUT2D eigenvalue weighted by atomic mass is 10.1. The van der Waals surface area contributed by atoms with Crippen LogP contribution in [0.15, 0.2) is 46.1 Å². The van der Waals surface area contributed by atoms with Crippen molar-refractivity contribution < 1.29 is 4.74 Å². The first-order valence-electron chi connectivity index (χ1n) is 8.15. The molecule has 6 heteroatoms. The first kappa shape index (κ1) is 18.3. The molecule has 0 aliphatic heterocycles. The van der Waals surface area contributed by atoms with E-state index in [0.717, 1.165) is 24.5 Å². The predicted molar refractivity (Wildman–Crippen MR) is 103 cm³/mol. The maximum atomic E-state index is 6.06. The van der Waals surface area contributed by atoms with Crippen LogP contribution in [0.5, 0.6) is 5.75 Å². The third kappa shape index (κ3) is 4.97. The van der Waals surface area contributed by atoms with Crippen LogP contribution in [0, 0.1) is 0 Å². The molecule has 0 radical (unpaired) electrons. The van der Waals surface area contributed by atoms with Gasteiger partial charge in [0.25, 0.3) is 0 Å². The number of thiophene rings is 1. The molecule has 2 aromatic rings. The van der Waals surface area contributed by atoms with Gasteiger partial charge in [0.1, 0.15) is 5.75 Å². The third-order valence-electron chi connectivity index (χ3n) is 3.96. The molecular weight excluding hydrogens is 320 g/mol. The van der Waals surface area contributed by atoms with E-state index < -0.39 is 0 Å². The van der Waals surface area contributed by atoms with Crippen LogP contribution in [-0.2, 0) is 0 Å². The van der Waals surface area contributed by atoms with E-state index in [2.05, 4.69) is 45.9 Å². The lowest BCUT2D eigenvalue weighted by molar-refractivity contribution is 0.225. The fourth-order valence-corrected chi connectivity index (χ4v) is 3.34. The van der Waals surface area contributed by atoms with Gasteiger partial charge in [-0.05, 0) is 47.6 Å². The normalized spacial score (nSPS) is 13.1. The highest BCUT2D eigenvalue weighted by molar-refractivity contribution is 7.07. The number of methoxy groups -OCH3 is 1. The molecule has 1 aromatic carbocycles. The van der Waals surface area contributed by atoms with E-state index in [1.54, 1.807) is 18.4 Å². The van der Waals surface area contributed by atoms with Crippen LogP contribution >= 0.6 is 11.3 Å². The van der Waals surface area contributed by atoms with Crippen LogP contribution in [0.4, 0.5) is 5.69 Å². The Labute approximate surface area is 148 Å². The molecule has 0 bridgehead atoms. The van der Waals surface area contributed by atoms with E-state index in [9.17, 15) is 0 Å². The standard InChI is InChI=1S/C18H26N4OS/c1-4-22(5-2)17(14-9-10-24-13-14)12-20-18(19)21-15-7-6-8-16(11-15)23-3/h6-11,13,17H,4-5,12H2,1-3H3,(H3,19,20,21). The Morgan fingerprint density at radius 3 is 2.75 bits per heavy atom. The van der Waals surface area contributed by atoms with Gasteiger partial charge in [-0.2, -0.15) is 11.3 Å². The molecule has 0 spiro atoms. The first-order valence-corrected chi connectivity index (χ1v) is 9.09. The molecule has 130 valence electrons. The molecule has 3 N–H and O–H groups in total. The molecule has 0 aliphatic rings. The van der Waals surface area contributed by atoms with Crippen molar-refractivity contribution in [3.05, 3.63) is 46.7 Å². The van der Waals surface area contributed by atoms with Gasteiger partial charge in [-0.25, -0.2) is 0 Å². The largest absolute Gasteiger partial charge is 0.497 e. The van der Waals surface area contributed by atoms with E-state index in [-0.39, 0.29) is 6.04 Å². The fraction of sp³-hybridized carbons (Fsp3) is 0.389. The molecule has 0 fully saturated rings. The van der Waals surface area contributed by atoms with Crippen LogP contribution in [0.1, 0.15) is 25.5 Å². The second-order valence-electron chi connectivity index (χ2n) is 5.38. The quantitative estimate of drug-likeness (QED) is 0.567. The number of nitrogens with one attached hydrogen (secondary N) is 1. The van der Waals surface area contributed by atoms with Crippen molar-refractivity contribution in [1.82, 2.24) is 4.90 Å². The summed E-state index contributed by atoms with van der Waals surface area (Å²) in [7, 11) is 1.64. The highest BCUT2D eigenvalue weighted by Gasteiger charge is 2.18. The van der Waals surface area contributed by atoms with Crippen molar-refractivity contribution in [2.75, 3.05) is 32.1 Å². The number of nitrogens with two attached hydrogens (primary N) is 1. The Balaban J connectivity index is 2.07. The van der Waals surface area contributed by atoms with Gasteiger partial charge in [0.05, 0.1) is 19.7 Å². The predicted octanol–water partition coefficient (Wildman–Crippen LogP) is 3.57. The smallest absolute Gasteiger partial charge is 0.193 e. The molecule has 1 aromatic heterocycles. The van der Waals surface area contributed by atoms with Gasteiger partial charge in [-0.1, -0.05) is 19.9 Å². The number of ether oxygens (including phenoxy) is 1. The van der Waals surface area contributed by atoms with E-state index in [0.29, 0.717) is 12.5 Å². The van der Waals surface area contributed by atoms with Crippen molar-refractivity contribution in [3.8, 4) is 5.75 Å². The average Bonchev–Trinajstić information content (AvgIpc) is 3.13. The number of rotatable bonds is 8. The summed E-state index contributed by atoms with van der Waals surface area (Å²) in [6.07, 6.45) is 0. The Hall–Kier alpha value is -2.05. The van der Waals surface area contributed by atoms with Crippen LogP contribution in [0.25, 0.3) is 0 Å². The van der Waals surface area contributed by atoms with Gasteiger partial charge >= 0.3 is 0 Å². The Morgan fingerprint density at radius 1 is 1.33 bits per heavy atom. The fourth-order valence-electron chi connectivity index (χ4n) is 2.63. The molecular formula is C18H26N4OS. The zero-order valence-electron chi connectivity index (χ0n) is 14.5. The minimum Gasteiger partial charge on any atom is -0.497 e. The molecule has 1 unspecified atom stereocenters. The van der Waals surface area contributed by atoms with Crippen LogP contribution < -0.4 is 15.8 Å².